The highest BCUT2D eigenvalue weighted by atomic mass is 16.3. The van der Waals surface area contributed by atoms with Gasteiger partial charge in [-0.2, -0.15) is 0 Å². The van der Waals surface area contributed by atoms with Crippen LogP contribution in [0.25, 0.3) is 21.5 Å². The number of rotatable bonds is 0. The van der Waals surface area contributed by atoms with E-state index in [0.29, 0.717) is 5.39 Å². The predicted molar refractivity (Wildman–Crippen MR) is 74.3 cm³/mol. The van der Waals surface area contributed by atoms with Gasteiger partial charge in [0.25, 0.3) is 0 Å². The summed E-state index contributed by atoms with van der Waals surface area (Å²) in [5, 5.41) is 23.9. The summed E-state index contributed by atoms with van der Waals surface area (Å²) in [5.41, 5.74) is 1.74. The molecule has 18 heavy (non-hydrogen) atoms. The maximum absolute atomic E-state index is 10.1. The van der Waals surface area contributed by atoms with Crippen molar-refractivity contribution in [3.8, 4) is 11.5 Å². The molecule has 0 spiro atoms. The number of phenols is 2. The fourth-order valence-corrected chi connectivity index (χ4v) is 2.43. The summed E-state index contributed by atoms with van der Waals surface area (Å²) >= 11 is 0. The first-order chi connectivity index (χ1) is 8.59. The smallest absolute Gasteiger partial charge is 0.165 e. The summed E-state index contributed by atoms with van der Waals surface area (Å²) in [4.78, 5) is 0. The normalized spacial score (nSPS) is 11.2. The Labute approximate surface area is 105 Å². The average Bonchev–Trinajstić information content (AvgIpc) is 2.41. The Morgan fingerprint density at radius 3 is 1.89 bits per heavy atom. The van der Waals surface area contributed by atoms with E-state index in [1.165, 1.54) is 0 Å². The van der Waals surface area contributed by atoms with Crippen molar-refractivity contribution in [1.29, 1.82) is 0 Å². The van der Waals surface area contributed by atoms with Crippen molar-refractivity contribution in [2.45, 2.75) is 13.8 Å². The highest BCUT2D eigenvalue weighted by molar-refractivity contribution is 6.03. The summed E-state index contributed by atoms with van der Waals surface area (Å²) in [5.74, 6) is -0.0471. The minimum Gasteiger partial charge on any atom is -0.504 e. The van der Waals surface area contributed by atoms with Crippen LogP contribution in [0.3, 0.4) is 0 Å². The Morgan fingerprint density at radius 2 is 1.28 bits per heavy atom. The zero-order chi connectivity index (χ0) is 12.9. The SMILES string of the molecule is Cc1c(O)c(O)c2cc3ccccc3cc2c1C. The Balaban J connectivity index is 2.58. The molecule has 2 heteroatoms. The van der Waals surface area contributed by atoms with Crippen LogP contribution < -0.4 is 0 Å². The highest BCUT2D eigenvalue weighted by Gasteiger charge is 2.13. The molecule has 0 aliphatic carbocycles. The lowest BCUT2D eigenvalue weighted by Crippen LogP contribution is -1.87. The van der Waals surface area contributed by atoms with E-state index in [1.807, 2.05) is 44.2 Å². The predicted octanol–water partition coefficient (Wildman–Crippen LogP) is 4.02. The molecule has 0 unspecified atom stereocenters. The molecule has 0 bridgehead atoms. The number of hydrogen-bond acceptors (Lipinski definition) is 2. The van der Waals surface area contributed by atoms with Gasteiger partial charge in [0.1, 0.15) is 0 Å². The minimum absolute atomic E-state index is 0.0183. The second-order valence-electron chi connectivity index (χ2n) is 4.69. The molecular weight excluding hydrogens is 224 g/mol. The number of benzene rings is 3. The zero-order valence-electron chi connectivity index (χ0n) is 10.4. The molecule has 0 aliphatic heterocycles. The Hall–Kier alpha value is -2.22. The summed E-state index contributed by atoms with van der Waals surface area (Å²) in [7, 11) is 0. The first-order valence-corrected chi connectivity index (χ1v) is 5.93. The maximum atomic E-state index is 10.1. The lowest BCUT2D eigenvalue weighted by molar-refractivity contribution is 0.405. The van der Waals surface area contributed by atoms with Crippen molar-refractivity contribution >= 4 is 21.5 Å². The fourth-order valence-electron chi connectivity index (χ4n) is 2.43. The van der Waals surface area contributed by atoms with Gasteiger partial charge in [0.05, 0.1) is 0 Å². The van der Waals surface area contributed by atoms with Gasteiger partial charge in [0.15, 0.2) is 11.5 Å². The van der Waals surface area contributed by atoms with E-state index in [-0.39, 0.29) is 11.5 Å². The first kappa shape index (κ1) is 10.9. The number of aromatic hydroxyl groups is 2. The molecule has 3 rings (SSSR count). The van der Waals surface area contributed by atoms with Gasteiger partial charge in [0.2, 0.25) is 0 Å². The van der Waals surface area contributed by atoms with Crippen molar-refractivity contribution in [2.75, 3.05) is 0 Å². The van der Waals surface area contributed by atoms with Crippen LogP contribution in [-0.2, 0) is 0 Å². The van der Waals surface area contributed by atoms with Gasteiger partial charge in [-0.3, -0.25) is 0 Å². The summed E-state index contributed by atoms with van der Waals surface area (Å²) in [6.45, 7) is 3.78. The molecular formula is C16H14O2. The first-order valence-electron chi connectivity index (χ1n) is 5.93. The van der Waals surface area contributed by atoms with Crippen LogP contribution in [0.2, 0.25) is 0 Å². The van der Waals surface area contributed by atoms with Gasteiger partial charge in [0, 0.05) is 5.39 Å². The van der Waals surface area contributed by atoms with E-state index in [1.54, 1.807) is 0 Å². The molecule has 2 N–H and O–H groups in total. The van der Waals surface area contributed by atoms with Crippen molar-refractivity contribution in [1.82, 2.24) is 0 Å². The molecule has 0 amide bonds. The van der Waals surface area contributed by atoms with Gasteiger partial charge in [-0.25, -0.2) is 0 Å². The molecule has 0 aromatic heterocycles. The van der Waals surface area contributed by atoms with Crippen LogP contribution >= 0.6 is 0 Å². The quantitative estimate of drug-likeness (QED) is 0.458. The van der Waals surface area contributed by atoms with E-state index in [9.17, 15) is 10.2 Å². The van der Waals surface area contributed by atoms with Crippen molar-refractivity contribution in [3.05, 3.63) is 47.5 Å². The number of phenolic OH excluding ortho intramolecular Hbond substituents is 2. The molecule has 0 heterocycles. The van der Waals surface area contributed by atoms with Crippen LogP contribution in [0, 0.1) is 13.8 Å². The van der Waals surface area contributed by atoms with Gasteiger partial charge < -0.3 is 10.2 Å². The van der Waals surface area contributed by atoms with Crippen LogP contribution in [0.4, 0.5) is 0 Å². The topological polar surface area (TPSA) is 40.5 Å². The molecule has 0 aliphatic rings. The lowest BCUT2D eigenvalue weighted by atomic mass is 9.96. The Bertz CT molecular complexity index is 707. The second-order valence-corrected chi connectivity index (χ2v) is 4.69. The minimum atomic E-state index is -0.0288. The molecule has 0 saturated heterocycles. The monoisotopic (exact) mass is 238 g/mol. The molecule has 90 valence electrons. The zero-order valence-corrected chi connectivity index (χ0v) is 10.4. The van der Waals surface area contributed by atoms with Gasteiger partial charge in [-0.15, -0.1) is 0 Å². The molecule has 3 aromatic carbocycles. The third-order valence-electron chi connectivity index (χ3n) is 3.69. The number of fused-ring (bicyclic) bond motifs is 2. The van der Waals surface area contributed by atoms with E-state index in [2.05, 4.69) is 6.07 Å². The van der Waals surface area contributed by atoms with Crippen molar-refractivity contribution in [3.63, 3.8) is 0 Å². The van der Waals surface area contributed by atoms with Crippen molar-refractivity contribution in [2.24, 2.45) is 0 Å². The number of aryl methyl sites for hydroxylation is 1. The summed E-state index contributed by atoms with van der Waals surface area (Å²) < 4.78 is 0. The van der Waals surface area contributed by atoms with Gasteiger partial charge >= 0.3 is 0 Å². The molecule has 0 radical (unpaired) electrons. The fraction of sp³-hybridized carbons (Fsp3) is 0.125. The van der Waals surface area contributed by atoms with Crippen LogP contribution in [-0.4, -0.2) is 10.2 Å². The molecule has 0 fully saturated rings. The highest BCUT2D eigenvalue weighted by Crippen LogP contribution is 2.40. The van der Waals surface area contributed by atoms with Gasteiger partial charge in [-0.1, -0.05) is 24.3 Å². The van der Waals surface area contributed by atoms with Crippen LogP contribution in [0.5, 0.6) is 11.5 Å². The van der Waals surface area contributed by atoms with Gasteiger partial charge in [-0.05, 0) is 53.3 Å². The molecule has 0 saturated carbocycles. The molecule has 2 nitrogen and oxygen atoms in total. The summed E-state index contributed by atoms with van der Waals surface area (Å²) in [6, 6.07) is 12.0. The van der Waals surface area contributed by atoms with Crippen LogP contribution in [0.1, 0.15) is 11.1 Å². The lowest BCUT2D eigenvalue weighted by Gasteiger charge is -2.12. The van der Waals surface area contributed by atoms with E-state index >= 15 is 0 Å². The maximum Gasteiger partial charge on any atom is 0.165 e. The van der Waals surface area contributed by atoms with E-state index in [0.717, 1.165) is 27.3 Å². The molecule has 0 atom stereocenters. The van der Waals surface area contributed by atoms with Crippen molar-refractivity contribution < 1.29 is 10.2 Å². The van der Waals surface area contributed by atoms with Crippen LogP contribution in [0.15, 0.2) is 36.4 Å². The largest absolute Gasteiger partial charge is 0.504 e. The standard InChI is InChI=1S/C16H14O2/c1-9-10(2)15(17)16(18)14-8-12-6-4-3-5-11(12)7-13(9)14/h3-8,17-18H,1-2H3. The second kappa shape index (κ2) is 3.64. The Morgan fingerprint density at radius 1 is 0.722 bits per heavy atom. The van der Waals surface area contributed by atoms with E-state index < -0.39 is 0 Å². The third-order valence-corrected chi connectivity index (χ3v) is 3.69. The Kier molecular flexibility index (Phi) is 2.20. The average molecular weight is 238 g/mol. The third kappa shape index (κ3) is 1.35. The van der Waals surface area contributed by atoms with E-state index in [4.69, 9.17) is 0 Å². The number of hydrogen-bond donors (Lipinski definition) is 2. The summed E-state index contributed by atoms with van der Waals surface area (Å²) in [6.07, 6.45) is 0. The molecule has 3 aromatic rings.